The van der Waals surface area contributed by atoms with E-state index in [1.807, 2.05) is 19.1 Å². The number of benzene rings is 1. The molecule has 0 unspecified atom stereocenters. The Hall–Kier alpha value is -2.05. The van der Waals surface area contributed by atoms with E-state index < -0.39 is 0 Å². The van der Waals surface area contributed by atoms with Gasteiger partial charge in [0.1, 0.15) is 23.1 Å². The number of hydrogen-bond donors (Lipinski definition) is 0. The van der Waals surface area contributed by atoms with Crippen LogP contribution in [0.25, 0.3) is 0 Å². The molecule has 2 aromatic rings. The van der Waals surface area contributed by atoms with E-state index in [2.05, 4.69) is 4.98 Å². The summed E-state index contributed by atoms with van der Waals surface area (Å²) in [7, 11) is 0. The third-order valence-corrected chi connectivity index (χ3v) is 2.51. The highest BCUT2D eigenvalue weighted by molar-refractivity contribution is 6.31. The van der Waals surface area contributed by atoms with Crippen LogP contribution in [0, 0.1) is 18.3 Å². The van der Waals surface area contributed by atoms with E-state index in [9.17, 15) is 0 Å². The summed E-state index contributed by atoms with van der Waals surface area (Å²) in [5.74, 6) is 1.01. The number of rotatable bonds is 2. The van der Waals surface area contributed by atoms with E-state index in [-0.39, 0.29) is 0 Å². The van der Waals surface area contributed by atoms with E-state index in [1.54, 1.807) is 30.5 Å². The van der Waals surface area contributed by atoms with Crippen LogP contribution in [0.15, 0.2) is 36.5 Å². The van der Waals surface area contributed by atoms with E-state index in [1.165, 1.54) is 0 Å². The van der Waals surface area contributed by atoms with Crippen molar-refractivity contribution in [2.45, 2.75) is 6.92 Å². The maximum absolute atomic E-state index is 8.99. The van der Waals surface area contributed by atoms with Crippen molar-refractivity contribution in [1.82, 2.24) is 4.98 Å². The minimum atomic E-state index is 0.328. The van der Waals surface area contributed by atoms with Gasteiger partial charge in [-0.3, -0.25) is 4.98 Å². The van der Waals surface area contributed by atoms with Crippen molar-refractivity contribution >= 4 is 11.6 Å². The summed E-state index contributed by atoms with van der Waals surface area (Å²) in [6.45, 7) is 1.89. The molecule has 1 heterocycles. The van der Waals surface area contributed by atoms with Crippen LogP contribution >= 0.6 is 11.6 Å². The molecule has 0 fully saturated rings. The number of pyridine rings is 1. The summed E-state index contributed by atoms with van der Waals surface area (Å²) in [5.41, 5.74) is 1.23. The van der Waals surface area contributed by atoms with Gasteiger partial charge in [0.25, 0.3) is 0 Å². The molecule has 0 aliphatic carbocycles. The molecule has 1 aromatic heterocycles. The predicted molar refractivity (Wildman–Crippen MR) is 65.2 cm³/mol. The Morgan fingerprint density at radius 3 is 2.76 bits per heavy atom. The average Bonchev–Trinajstić information content (AvgIpc) is 2.32. The summed E-state index contributed by atoms with van der Waals surface area (Å²) in [5, 5.41) is 9.37. The fourth-order valence-corrected chi connectivity index (χ4v) is 1.55. The predicted octanol–water partition coefficient (Wildman–Crippen LogP) is 3.71. The molecule has 2 rings (SSSR count). The van der Waals surface area contributed by atoms with Gasteiger partial charge in [0, 0.05) is 5.69 Å². The Labute approximate surface area is 104 Å². The zero-order valence-electron chi connectivity index (χ0n) is 9.14. The highest BCUT2D eigenvalue weighted by Crippen LogP contribution is 2.29. The molecule has 0 bridgehead atoms. The number of aromatic nitrogens is 1. The second kappa shape index (κ2) is 4.86. The van der Waals surface area contributed by atoms with E-state index >= 15 is 0 Å². The van der Waals surface area contributed by atoms with Crippen LogP contribution in [0.1, 0.15) is 11.3 Å². The van der Waals surface area contributed by atoms with Gasteiger partial charge in [0.15, 0.2) is 0 Å². The van der Waals surface area contributed by atoms with Gasteiger partial charge in [0.05, 0.1) is 11.2 Å². The number of hydrogen-bond acceptors (Lipinski definition) is 3. The molecule has 0 aliphatic rings. The van der Waals surface area contributed by atoms with E-state index in [0.717, 1.165) is 5.69 Å². The van der Waals surface area contributed by atoms with Crippen molar-refractivity contribution in [3.63, 3.8) is 0 Å². The van der Waals surface area contributed by atoms with E-state index in [0.29, 0.717) is 22.1 Å². The van der Waals surface area contributed by atoms with Crippen molar-refractivity contribution in [3.05, 3.63) is 52.8 Å². The van der Waals surface area contributed by atoms with Gasteiger partial charge in [-0.1, -0.05) is 17.7 Å². The monoisotopic (exact) mass is 244 g/mol. The first-order valence-corrected chi connectivity index (χ1v) is 5.37. The molecule has 4 heteroatoms. The van der Waals surface area contributed by atoms with Crippen LogP contribution in [0.5, 0.6) is 11.5 Å². The summed E-state index contributed by atoms with van der Waals surface area (Å²) in [6.07, 6.45) is 1.61. The molecule has 0 saturated heterocycles. The zero-order valence-corrected chi connectivity index (χ0v) is 9.90. The Morgan fingerprint density at radius 2 is 2.12 bits per heavy atom. The molecule has 0 N–H and O–H groups in total. The van der Waals surface area contributed by atoms with Gasteiger partial charge in [-0.25, -0.2) is 0 Å². The standard InChI is InChI=1S/C13H9ClN2O/c1-9-5-6-10(8-16-9)17-13-4-2-3-12(14)11(13)7-15/h2-6,8H,1H3. The van der Waals surface area contributed by atoms with Gasteiger partial charge in [-0.2, -0.15) is 5.26 Å². The summed E-state index contributed by atoms with van der Waals surface area (Å²) >= 11 is 5.90. The number of aryl methyl sites for hydroxylation is 1. The third kappa shape index (κ3) is 2.55. The van der Waals surface area contributed by atoms with Gasteiger partial charge in [-0.15, -0.1) is 0 Å². The molecular formula is C13H9ClN2O. The van der Waals surface area contributed by atoms with Crippen molar-refractivity contribution < 1.29 is 4.74 Å². The third-order valence-electron chi connectivity index (χ3n) is 2.20. The number of halogens is 1. The van der Waals surface area contributed by atoms with E-state index in [4.69, 9.17) is 21.6 Å². The first-order chi connectivity index (χ1) is 8.20. The number of ether oxygens (including phenoxy) is 1. The fraction of sp³-hybridized carbons (Fsp3) is 0.0769. The molecule has 17 heavy (non-hydrogen) atoms. The van der Waals surface area contributed by atoms with Crippen molar-refractivity contribution in [2.24, 2.45) is 0 Å². The van der Waals surface area contributed by atoms with Gasteiger partial charge >= 0.3 is 0 Å². The SMILES string of the molecule is Cc1ccc(Oc2cccc(Cl)c2C#N)cn1. The zero-order chi connectivity index (χ0) is 12.3. The first-order valence-electron chi connectivity index (χ1n) is 5.00. The Balaban J connectivity index is 2.34. The molecular weight excluding hydrogens is 236 g/mol. The maximum atomic E-state index is 8.99. The fourth-order valence-electron chi connectivity index (χ4n) is 1.34. The molecule has 0 amide bonds. The summed E-state index contributed by atoms with van der Waals surface area (Å²) in [4.78, 5) is 4.11. The second-order valence-electron chi connectivity index (χ2n) is 3.46. The molecule has 1 aromatic carbocycles. The lowest BCUT2D eigenvalue weighted by Gasteiger charge is -2.07. The molecule has 3 nitrogen and oxygen atoms in total. The lowest BCUT2D eigenvalue weighted by Crippen LogP contribution is -1.90. The van der Waals surface area contributed by atoms with Crippen molar-refractivity contribution in [3.8, 4) is 17.6 Å². The average molecular weight is 245 g/mol. The normalized spacial score (nSPS) is 9.71. The molecule has 0 aliphatic heterocycles. The van der Waals surface area contributed by atoms with Crippen LogP contribution in [0.3, 0.4) is 0 Å². The quantitative estimate of drug-likeness (QED) is 0.809. The topological polar surface area (TPSA) is 45.9 Å². The smallest absolute Gasteiger partial charge is 0.146 e. The van der Waals surface area contributed by atoms with Crippen molar-refractivity contribution in [1.29, 1.82) is 5.26 Å². The maximum Gasteiger partial charge on any atom is 0.146 e. The Morgan fingerprint density at radius 1 is 1.29 bits per heavy atom. The Kier molecular flexibility index (Phi) is 3.27. The van der Waals surface area contributed by atoms with Crippen LogP contribution in [0.4, 0.5) is 0 Å². The number of nitrogens with zero attached hydrogens (tertiary/aromatic N) is 2. The van der Waals surface area contributed by atoms with Crippen LogP contribution < -0.4 is 4.74 Å². The number of nitriles is 1. The van der Waals surface area contributed by atoms with Crippen molar-refractivity contribution in [2.75, 3.05) is 0 Å². The molecule has 0 radical (unpaired) electrons. The lowest BCUT2D eigenvalue weighted by molar-refractivity contribution is 0.478. The largest absolute Gasteiger partial charge is 0.454 e. The first kappa shape index (κ1) is 11.4. The van der Waals surface area contributed by atoms with Gasteiger partial charge < -0.3 is 4.74 Å². The highest BCUT2D eigenvalue weighted by atomic mass is 35.5. The second-order valence-corrected chi connectivity index (χ2v) is 3.87. The summed E-state index contributed by atoms with van der Waals surface area (Å²) < 4.78 is 5.57. The van der Waals surface area contributed by atoms with Crippen LogP contribution in [-0.4, -0.2) is 4.98 Å². The van der Waals surface area contributed by atoms with Gasteiger partial charge in [0.2, 0.25) is 0 Å². The molecule has 84 valence electrons. The minimum Gasteiger partial charge on any atom is -0.454 e. The summed E-state index contributed by atoms with van der Waals surface area (Å²) in [6, 6.07) is 10.7. The highest BCUT2D eigenvalue weighted by Gasteiger charge is 2.08. The molecule has 0 saturated carbocycles. The van der Waals surface area contributed by atoms with Crippen LogP contribution in [0.2, 0.25) is 5.02 Å². The van der Waals surface area contributed by atoms with Crippen LogP contribution in [-0.2, 0) is 0 Å². The molecule has 0 atom stereocenters. The Bertz CT molecular complexity index is 573. The lowest BCUT2D eigenvalue weighted by atomic mass is 10.2. The van der Waals surface area contributed by atoms with Gasteiger partial charge in [-0.05, 0) is 31.2 Å². The minimum absolute atomic E-state index is 0.328. The molecule has 0 spiro atoms.